The van der Waals surface area contributed by atoms with E-state index in [-0.39, 0.29) is 5.38 Å². The van der Waals surface area contributed by atoms with Gasteiger partial charge < -0.3 is 4.57 Å². The van der Waals surface area contributed by atoms with Crippen LogP contribution in [-0.4, -0.2) is 19.7 Å². The molecule has 108 valence electrons. The second-order valence-corrected chi connectivity index (χ2v) is 6.11. The molecule has 0 spiro atoms. The second-order valence-electron chi connectivity index (χ2n) is 4.64. The van der Waals surface area contributed by atoms with E-state index < -0.39 is 0 Å². The van der Waals surface area contributed by atoms with Crippen LogP contribution >= 0.6 is 34.8 Å². The monoisotopic (exact) mass is 340 g/mol. The van der Waals surface area contributed by atoms with Gasteiger partial charge in [-0.25, -0.2) is 4.98 Å². The predicted octanol–water partition coefficient (Wildman–Crippen LogP) is 4.48. The molecule has 1 unspecified atom stereocenters. The molecule has 1 aromatic carbocycles. The standard InChI is InChI=1S/C14H11Cl3N4/c1-8(15)14-19-12-5-10(16)11(17)6-13(12)21(14)7-9-3-2-4-18-20-9/h2-6,8H,7H2,1H3. The Labute approximate surface area is 136 Å². The van der Waals surface area contributed by atoms with Gasteiger partial charge in [-0.3, -0.25) is 0 Å². The molecule has 0 amide bonds. The number of hydrogen-bond donors (Lipinski definition) is 0. The van der Waals surface area contributed by atoms with Gasteiger partial charge in [0, 0.05) is 6.20 Å². The van der Waals surface area contributed by atoms with Crippen molar-refractivity contribution in [2.24, 2.45) is 0 Å². The van der Waals surface area contributed by atoms with Crippen molar-refractivity contribution in [3.05, 3.63) is 52.0 Å². The summed E-state index contributed by atoms with van der Waals surface area (Å²) in [6, 6.07) is 7.29. The molecule has 4 nitrogen and oxygen atoms in total. The summed E-state index contributed by atoms with van der Waals surface area (Å²) >= 11 is 18.4. The number of alkyl halides is 1. The Morgan fingerprint density at radius 1 is 1.24 bits per heavy atom. The minimum atomic E-state index is -0.244. The fourth-order valence-corrected chi connectivity index (χ4v) is 2.67. The highest BCUT2D eigenvalue weighted by Gasteiger charge is 2.17. The molecule has 2 aromatic heterocycles. The van der Waals surface area contributed by atoms with Crippen LogP contribution in [0.1, 0.15) is 23.8 Å². The van der Waals surface area contributed by atoms with Gasteiger partial charge in [0.15, 0.2) is 0 Å². The molecule has 0 aliphatic heterocycles. The number of imidazole rings is 1. The smallest absolute Gasteiger partial charge is 0.128 e. The van der Waals surface area contributed by atoms with Crippen LogP contribution in [0.2, 0.25) is 10.0 Å². The SMILES string of the molecule is CC(Cl)c1nc2cc(Cl)c(Cl)cc2n1Cc1cccnn1. The molecule has 0 bridgehead atoms. The predicted molar refractivity (Wildman–Crippen MR) is 85.2 cm³/mol. The Kier molecular flexibility index (Phi) is 4.02. The molecule has 21 heavy (non-hydrogen) atoms. The fraction of sp³-hybridized carbons (Fsp3) is 0.214. The maximum atomic E-state index is 6.24. The summed E-state index contributed by atoms with van der Waals surface area (Å²) < 4.78 is 1.99. The zero-order chi connectivity index (χ0) is 15.0. The second kappa shape index (κ2) is 5.79. The van der Waals surface area contributed by atoms with Crippen molar-refractivity contribution in [2.45, 2.75) is 18.8 Å². The zero-order valence-corrected chi connectivity index (χ0v) is 13.4. The summed E-state index contributed by atoms with van der Waals surface area (Å²) in [6.45, 7) is 2.40. The third-order valence-corrected chi connectivity index (χ3v) is 4.04. The molecule has 3 aromatic rings. The topological polar surface area (TPSA) is 43.6 Å². The van der Waals surface area contributed by atoms with Crippen LogP contribution in [0, 0.1) is 0 Å². The van der Waals surface area contributed by atoms with Crippen LogP contribution in [0.4, 0.5) is 0 Å². The lowest BCUT2D eigenvalue weighted by atomic mass is 10.3. The highest BCUT2D eigenvalue weighted by molar-refractivity contribution is 6.42. The van der Waals surface area contributed by atoms with Crippen LogP contribution in [0.5, 0.6) is 0 Å². The van der Waals surface area contributed by atoms with Gasteiger partial charge in [0.1, 0.15) is 5.82 Å². The normalized spacial score (nSPS) is 12.8. The first kappa shape index (κ1) is 14.6. The van der Waals surface area contributed by atoms with Gasteiger partial charge in [0.2, 0.25) is 0 Å². The zero-order valence-electron chi connectivity index (χ0n) is 11.1. The number of rotatable bonds is 3. The van der Waals surface area contributed by atoms with E-state index in [4.69, 9.17) is 34.8 Å². The van der Waals surface area contributed by atoms with Crippen LogP contribution in [0.3, 0.4) is 0 Å². The van der Waals surface area contributed by atoms with E-state index in [1.54, 1.807) is 18.3 Å². The van der Waals surface area contributed by atoms with E-state index in [0.717, 1.165) is 22.6 Å². The van der Waals surface area contributed by atoms with Crippen LogP contribution in [-0.2, 0) is 6.54 Å². The molecule has 1 atom stereocenters. The van der Waals surface area contributed by atoms with E-state index in [1.165, 1.54) is 0 Å². The van der Waals surface area contributed by atoms with E-state index in [0.29, 0.717) is 16.6 Å². The van der Waals surface area contributed by atoms with E-state index in [2.05, 4.69) is 15.2 Å². The summed E-state index contributed by atoms with van der Waals surface area (Å²) in [5.74, 6) is 0.746. The van der Waals surface area contributed by atoms with Crippen LogP contribution in [0.25, 0.3) is 11.0 Å². The van der Waals surface area contributed by atoms with Crippen molar-refractivity contribution in [3.63, 3.8) is 0 Å². The molecular weight excluding hydrogens is 331 g/mol. The highest BCUT2D eigenvalue weighted by atomic mass is 35.5. The molecule has 7 heteroatoms. The van der Waals surface area contributed by atoms with Gasteiger partial charge in [0.05, 0.1) is 38.7 Å². The summed E-state index contributed by atoms with van der Waals surface area (Å²) in [7, 11) is 0. The van der Waals surface area contributed by atoms with Crippen molar-refractivity contribution >= 4 is 45.8 Å². The maximum absolute atomic E-state index is 6.24. The highest BCUT2D eigenvalue weighted by Crippen LogP contribution is 2.31. The average Bonchev–Trinajstić information content (AvgIpc) is 2.79. The first-order chi connectivity index (χ1) is 10.1. The van der Waals surface area contributed by atoms with Crippen molar-refractivity contribution in [1.82, 2.24) is 19.7 Å². The maximum Gasteiger partial charge on any atom is 0.128 e. The quantitative estimate of drug-likeness (QED) is 0.660. The lowest BCUT2D eigenvalue weighted by molar-refractivity contribution is 0.715. The molecule has 0 aliphatic rings. The molecular formula is C14H11Cl3N4. The van der Waals surface area contributed by atoms with Gasteiger partial charge in [-0.2, -0.15) is 10.2 Å². The van der Waals surface area contributed by atoms with Crippen LogP contribution < -0.4 is 0 Å². The average molecular weight is 342 g/mol. The Morgan fingerprint density at radius 3 is 2.67 bits per heavy atom. The molecule has 2 heterocycles. The molecule has 0 saturated heterocycles. The van der Waals surface area contributed by atoms with Crippen molar-refractivity contribution < 1.29 is 0 Å². The minimum Gasteiger partial charge on any atom is -0.321 e. The van der Waals surface area contributed by atoms with Crippen molar-refractivity contribution in [3.8, 4) is 0 Å². The van der Waals surface area contributed by atoms with E-state index in [1.807, 2.05) is 23.6 Å². The summed E-state index contributed by atoms with van der Waals surface area (Å²) in [6.07, 6.45) is 1.64. The van der Waals surface area contributed by atoms with Gasteiger partial charge >= 0.3 is 0 Å². The van der Waals surface area contributed by atoms with Gasteiger partial charge in [-0.05, 0) is 31.2 Å². The number of aromatic nitrogens is 4. The molecule has 0 saturated carbocycles. The van der Waals surface area contributed by atoms with Gasteiger partial charge in [-0.15, -0.1) is 11.6 Å². The third-order valence-electron chi connectivity index (χ3n) is 3.12. The van der Waals surface area contributed by atoms with Crippen molar-refractivity contribution in [2.75, 3.05) is 0 Å². The van der Waals surface area contributed by atoms with Gasteiger partial charge in [-0.1, -0.05) is 23.2 Å². The molecule has 0 N–H and O–H groups in total. The Bertz CT molecular complexity index is 784. The van der Waals surface area contributed by atoms with Crippen molar-refractivity contribution in [1.29, 1.82) is 0 Å². The number of nitrogens with zero attached hydrogens (tertiary/aromatic N) is 4. The summed E-state index contributed by atoms with van der Waals surface area (Å²) in [4.78, 5) is 4.55. The largest absolute Gasteiger partial charge is 0.321 e. The first-order valence-electron chi connectivity index (χ1n) is 6.32. The Hall–Kier alpha value is -1.36. The molecule has 0 aliphatic carbocycles. The summed E-state index contributed by atoms with van der Waals surface area (Å²) in [5.41, 5.74) is 2.45. The Morgan fingerprint density at radius 2 is 2.00 bits per heavy atom. The molecule has 0 fully saturated rings. The lowest BCUT2D eigenvalue weighted by Crippen LogP contribution is -2.07. The number of benzene rings is 1. The molecule has 0 radical (unpaired) electrons. The third kappa shape index (κ3) is 2.84. The van der Waals surface area contributed by atoms with Crippen LogP contribution in [0.15, 0.2) is 30.5 Å². The number of halogens is 3. The fourth-order valence-electron chi connectivity index (χ4n) is 2.19. The minimum absolute atomic E-state index is 0.244. The summed E-state index contributed by atoms with van der Waals surface area (Å²) in [5, 5.41) is 8.70. The molecule has 3 rings (SSSR count). The van der Waals surface area contributed by atoms with E-state index in [9.17, 15) is 0 Å². The van der Waals surface area contributed by atoms with Gasteiger partial charge in [0.25, 0.3) is 0 Å². The van der Waals surface area contributed by atoms with E-state index >= 15 is 0 Å². The Balaban J connectivity index is 2.18. The first-order valence-corrected chi connectivity index (χ1v) is 7.51. The lowest BCUT2D eigenvalue weighted by Gasteiger charge is -2.09. The number of fused-ring (bicyclic) bond motifs is 1. The number of hydrogen-bond acceptors (Lipinski definition) is 3.